The fraction of sp³-hybridized carbons (Fsp3) is 0.632. The largest absolute Gasteiger partial charge is 0.493 e. The average Bonchev–Trinajstić information content (AvgIpc) is 2.57. The van der Waals surface area contributed by atoms with Gasteiger partial charge in [0.15, 0.2) is 11.5 Å². The fourth-order valence-electron chi connectivity index (χ4n) is 3.62. The Labute approximate surface area is 150 Å². The van der Waals surface area contributed by atoms with E-state index in [1.165, 1.54) is 6.42 Å². The highest BCUT2D eigenvalue weighted by Gasteiger charge is 2.23. The molecule has 6 heteroatoms. The van der Waals surface area contributed by atoms with E-state index >= 15 is 0 Å². The summed E-state index contributed by atoms with van der Waals surface area (Å²) >= 11 is 0. The molecule has 0 aliphatic carbocycles. The van der Waals surface area contributed by atoms with E-state index in [-0.39, 0.29) is 5.91 Å². The highest BCUT2D eigenvalue weighted by molar-refractivity contribution is 5.78. The van der Waals surface area contributed by atoms with Crippen molar-refractivity contribution in [2.45, 2.75) is 26.8 Å². The van der Waals surface area contributed by atoms with Gasteiger partial charge in [-0.05, 0) is 36.0 Å². The van der Waals surface area contributed by atoms with E-state index in [0.29, 0.717) is 42.2 Å². The van der Waals surface area contributed by atoms with Gasteiger partial charge in [0, 0.05) is 19.6 Å². The average molecular weight is 350 g/mol. The molecule has 1 heterocycles. The standard InChI is InChI=1S/C19H30N2O4/c1-13-6-14(2)11-21(10-13)12-18(22)20-9-15-7-16(23-3)19(25-5)17(8-15)24-4/h7-8,13-14H,6,9-12H2,1-5H3,(H,20,22)/t13-,14-/m1/s1. The lowest BCUT2D eigenvalue weighted by atomic mass is 9.92. The molecule has 2 atom stereocenters. The Morgan fingerprint density at radius 2 is 1.64 bits per heavy atom. The van der Waals surface area contributed by atoms with E-state index < -0.39 is 0 Å². The molecule has 140 valence electrons. The first-order valence-corrected chi connectivity index (χ1v) is 8.74. The number of benzene rings is 1. The maximum atomic E-state index is 12.3. The molecule has 0 saturated carbocycles. The third kappa shape index (κ3) is 5.26. The van der Waals surface area contributed by atoms with Crippen LogP contribution < -0.4 is 19.5 Å². The van der Waals surface area contributed by atoms with Gasteiger partial charge in [-0.25, -0.2) is 0 Å². The highest BCUT2D eigenvalue weighted by Crippen LogP contribution is 2.38. The fourth-order valence-corrected chi connectivity index (χ4v) is 3.62. The van der Waals surface area contributed by atoms with Crippen LogP contribution in [0.25, 0.3) is 0 Å². The van der Waals surface area contributed by atoms with Crippen molar-refractivity contribution in [1.82, 2.24) is 10.2 Å². The number of piperidine rings is 1. The number of amides is 1. The zero-order valence-electron chi connectivity index (χ0n) is 15.9. The van der Waals surface area contributed by atoms with Gasteiger partial charge in [-0.3, -0.25) is 9.69 Å². The zero-order chi connectivity index (χ0) is 18.4. The van der Waals surface area contributed by atoms with Gasteiger partial charge in [0.2, 0.25) is 11.7 Å². The van der Waals surface area contributed by atoms with Gasteiger partial charge < -0.3 is 19.5 Å². The molecule has 0 bridgehead atoms. The summed E-state index contributed by atoms with van der Waals surface area (Å²) in [6.45, 7) is 7.34. The smallest absolute Gasteiger partial charge is 0.234 e. The molecule has 1 aromatic rings. The van der Waals surface area contributed by atoms with Gasteiger partial charge in [0.25, 0.3) is 0 Å². The third-order valence-corrected chi connectivity index (χ3v) is 4.53. The predicted molar refractivity (Wildman–Crippen MR) is 97.3 cm³/mol. The number of methoxy groups -OCH3 is 3. The van der Waals surface area contributed by atoms with Crippen molar-refractivity contribution >= 4 is 5.91 Å². The summed E-state index contributed by atoms with van der Waals surface area (Å²) in [6.07, 6.45) is 1.24. The second-order valence-electron chi connectivity index (χ2n) is 6.95. The first kappa shape index (κ1) is 19.4. The third-order valence-electron chi connectivity index (χ3n) is 4.53. The van der Waals surface area contributed by atoms with Crippen molar-refractivity contribution in [1.29, 1.82) is 0 Å². The summed E-state index contributed by atoms with van der Waals surface area (Å²) in [5, 5.41) is 2.98. The maximum absolute atomic E-state index is 12.3. The number of rotatable bonds is 7. The molecule has 6 nitrogen and oxygen atoms in total. The van der Waals surface area contributed by atoms with Gasteiger partial charge in [0.05, 0.1) is 27.9 Å². The number of hydrogen-bond donors (Lipinski definition) is 1. The summed E-state index contributed by atoms with van der Waals surface area (Å²) in [4.78, 5) is 14.5. The Morgan fingerprint density at radius 3 is 2.12 bits per heavy atom. The van der Waals surface area contributed by atoms with Gasteiger partial charge >= 0.3 is 0 Å². The first-order valence-electron chi connectivity index (χ1n) is 8.74. The monoisotopic (exact) mass is 350 g/mol. The maximum Gasteiger partial charge on any atom is 0.234 e. The number of likely N-dealkylation sites (tertiary alicyclic amines) is 1. The molecule has 1 saturated heterocycles. The molecular weight excluding hydrogens is 320 g/mol. The SMILES string of the molecule is COc1cc(CNC(=O)CN2C[C@H](C)C[C@@H](C)C2)cc(OC)c1OC. The van der Waals surface area contributed by atoms with Crippen LogP contribution in [0.1, 0.15) is 25.8 Å². The minimum absolute atomic E-state index is 0.0371. The molecular formula is C19H30N2O4. The van der Waals surface area contributed by atoms with Gasteiger partial charge in [-0.1, -0.05) is 13.8 Å². The van der Waals surface area contributed by atoms with E-state index in [2.05, 4.69) is 24.1 Å². The minimum Gasteiger partial charge on any atom is -0.493 e. The molecule has 0 radical (unpaired) electrons. The second kappa shape index (κ2) is 8.94. The quantitative estimate of drug-likeness (QED) is 0.818. The number of carbonyl (C=O) groups is 1. The number of nitrogens with one attached hydrogen (secondary N) is 1. The Balaban J connectivity index is 1.95. The molecule has 2 rings (SSSR count). The van der Waals surface area contributed by atoms with E-state index in [9.17, 15) is 4.79 Å². The molecule has 1 aliphatic heterocycles. The molecule has 0 aromatic heterocycles. The van der Waals surface area contributed by atoms with Crippen molar-refractivity contribution in [2.75, 3.05) is 41.0 Å². The van der Waals surface area contributed by atoms with Crippen LogP contribution in [0.5, 0.6) is 17.2 Å². The van der Waals surface area contributed by atoms with Crippen LogP contribution in [-0.4, -0.2) is 51.8 Å². The molecule has 1 aromatic carbocycles. The lowest BCUT2D eigenvalue weighted by Crippen LogP contribution is -2.44. The molecule has 1 N–H and O–H groups in total. The summed E-state index contributed by atoms with van der Waals surface area (Å²) in [5.41, 5.74) is 0.906. The van der Waals surface area contributed by atoms with Crippen LogP contribution in [0.2, 0.25) is 0 Å². The lowest BCUT2D eigenvalue weighted by molar-refractivity contribution is -0.123. The lowest BCUT2D eigenvalue weighted by Gasteiger charge is -2.34. The predicted octanol–water partition coefficient (Wildman–Crippen LogP) is 2.31. The summed E-state index contributed by atoms with van der Waals surface area (Å²) < 4.78 is 16.0. The van der Waals surface area contributed by atoms with Crippen LogP contribution >= 0.6 is 0 Å². The van der Waals surface area contributed by atoms with E-state index in [4.69, 9.17) is 14.2 Å². The van der Waals surface area contributed by atoms with Crippen LogP contribution in [0, 0.1) is 11.8 Å². The van der Waals surface area contributed by atoms with Crippen molar-refractivity contribution in [3.05, 3.63) is 17.7 Å². The number of nitrogens with zero attached hydrogens (tertiary/aromatic N) is 1. The van der Waals surface area contributed by atoms with Crippen molar-refractivity contribution < 1.29 is 19.0 Å². The number of carbonyl (C=O) groups excluding carboxylic acids is 1. The number of hydrogen-bond acceptors (Lipinski definition) is 5. The topological polar surface area (TPSA) is 60.0 Å². The molecule has 25 heavy (non-hydrogen) atoms. The van der Waals surface area contributed by atoms with Gasteiger partial charge in [-0.15, -0.1) is 0 Å². The molecule has 1 aliphatic rings. The van der Waals surface area contributed by atoms with Crippen LogP contribution in [0.15, 0.2) is 12.1 Å². The summed E-state index contributed by atoms with van der Waals surface area (Å²) in [6, 6.07) is 3.71. The molecule has 1 amide bonds. The summed E-state index contributed by atoms with van der Waals surface area (Å²) in [7, 11) is 4.74. The van der Waals surface area contributed by atoms with Crippen LogP contribution in [0.4, 0.5) is 0 Å². The Kier molecular flexibility index (Phi) is 6.93. The molecule has 0 spiro atoms. The number of ether oxygens (including phenoxy) is 3. The normalized spacial score (nSPS) is 20.8. The Bertz CT molecular complexity index is 556. The van der Waals surface area contributed by atoms with Gasteiger partial charge in [0.1, 0.15) is 0 Å². The zero-order valence-corrected chi connectivity index (χ0v) is 15.9. The van der Waals surface area contributed by atoms with Crippen molar-refractivity contribution in [2.24, 2.45) is 11.8 Å². The molecule has 1 fully saturated rings. The van der Waals surface area contributed by atoms with Crippen LogP contribution in [0.3, 0.4) is 0 Å². The minimum atomic E-state index is 0.0371. The van der Waals surface area contributed by atoms with Gasteiger partial charge in [-0.2, -0.15) is 0 Å². The Hall–Kier alpha value is -1.95. The van der Waals surface area contributed by atoms with Crippen LogP contribution in [-0.2, 0) is 11.3 Å². The summed E-state index contributed by atoms with van der Waals surface area (Å²) in [5.74, 6) is 3.05. The van der Waals surface area contributed by atoms with Crippen molar-refractivity contribution in [3.8, 4) is 17.2 Å². The van der Waals surface area contributed by atoms with E-state index in [1.807, 2.05) is 12.1 Å². The second-order valence-corrected chi connectivity index (χ2v) is 6.95. The van der Waals surface area contributed by atoms with E-state index in [1.54, 1.807) is 21.3 Å². The Morgan fingerprint density at radius 1 is 1.08 bits per heavy atom. The van der Waals surface area contributed by atoms with Crippen molar-refractivity contribution in [3.63, 3.8) is 0 Å². The van der Waals surface area contributed by atoms with E-state index in [0.717, 1.165) is 18.7 Å². The molecule has 0 unspecified atom stereocenters. The highest BCUT2D eigenvalue weighted by atomic mass is 16.5. The first-order chi connectivity index (χ1) is 12.0.